The van der Waals surface area contributed by atoms with Crippen LogP contribution in [-0.2, 0) is 17.9 Å². The number of nitrogens with two attached hydrogens (primary N) is 1. The summed E-state index contributed by atoms with van der Waals surface area (Å²) in [6, 6.07) is 8.14. The van der Waals surface area contributed by atoms with Crippen LogP contribution in [0.5, 0.6) is 0 Å². The largest absolute Gasteiger partial charge is 0.377 e. The zero-order valence-electron chi connectivity index (χ0n) is 12.5. The highest BCUT2D eigenvalue weighted by Gasteiger charge is 2.01. The molecule has 0 saturated heterocycles. The molecule has 1 aromatic rings. The second kappa shape index (κ2) is 9.15. The molecule has 0 amide bonds. The van der Waals surface area contributed by atoms with Gasteiger partial charge < -0.3 is 15.8 Å². The van der Waals surface area contributed by atoms with Crippen molar-refractivity contribution in [3.8, 4) is 0 Å². The molecule has 0 saturated carbocycles. The average molecular weight is 275 g/mol. The predicted molar refractivity (Wildman–Crippen MR) is 84.5 cm³/mol. The number of nitrogens with zero attached hydrogens (tertiary/aromatic N) is 1. The minimum atomic E-state index is 0.442. The SMILES string of the molecule is C=C(C)CNC(N)=NCc1ccccc1COCCC. The van der Waals surface area contributed by atoms with Gasteiger partial charge in [0.05, 0.1) is 13.2 Å². The van der Waals surface area contributed by atoms with Crippen molar-refractivity contribution in [3.63, 3.8) is 0 Å². The Hall–Kier alpha value is -1.81. The van der Waals surface area contributed by atoms with Gasteiger partial charge in [0.2, 0.25) is 0 Å². The first kappa shape index (κ1) is 16.2. The number of benzene rings is 1. The summed E-state index contributed by atoms with van der Waals surface area (Å²) < 4.78 is 5.59. The topological polar surface area (TPSA) is 59.6 Å². The molecule has 3 N–H and O–H groups in total. The van der Waals surface area contributed by atoms with E-state index in [-0.39, 0.29) is 0 Å². The number of guanidine groups is 1. The first-order chi connectivity index (χ1) is 9.63. The van der Waals surface area contributed by atoms with Crippen LogP contribution in [0.4, 0.5) is 0 Å². The van der Waals surface area contributed by atoms with Crippen molar-refractivity contribution >= 4 is 5.96 Å². The Morgan fingerprint density at radius 3 is 2.70 bits per heavy atom. The summed E-state index contributed by atoms with van der Waals surface area (Å²) in [6.45, 7) is 10.5. The molecular weight excluding hydrogens is 250 g/mol. The average Bonchev–Trinajstić information content (AvgIpc) is 2.44. The van der Waals surface area contributed by atoms with Crippen molar-refractivity contribution in [2.45, 2.75) is 33.4 Å². The van der Waals surface area contributed by atoms with Crippen LogP contribution in [0.3, 0.4) is 0 Å². The van der Waals surface area contributed by atoms with Gasteiger partial charge in [-0.15, -0.1) is 0 Å². The molecule has 4 heteroatoms. The molecule has 4 nitrogen and oxygen atoms in total. The monoisotopic (exact) mass is 275 g/mol. The molecule has 0 aliphatic rings. The molecular formula is C16H25N3O. The molecule has 0 aliphatic heterocycles. The molecule has 0 atom stereocenters. The van der Waals surface area contributed by atoms with E-state index >= 15 is 0 Å². The molecule has 1 aromatic carbocycles. The van der Waals surface area contributed by atoms with E-state index in [9.17, 15) is 0 Å². The van der Waals surface area contributed by atoms with Gasteiger partial charge in [0.25, 0.3) is 0 Å². The van der Waals surface area contributed by atoms with Crippen LogP contribution in [0.25, 0.3) is 0 Å². The number of ether oxygens (including phenoxy) is 1. The molecule has 110 valence electrons. The molecule has 0 radical (unpaired) electrons. The van der Waals surface area contributed by atoms with E-state index in [0.717, 1.165) is 29.7 Å². The van der Waals surface area contributed by atoms with Gasteiger partial charge in [-0.25, -0.2) is 4.99 Å². The fourth-order valence-corrected chi connectivity index (χ4v) is 1.65. The molecule has 0 fully saturated rings. The maximum absolute atomic E-state index is 5.81. The van der Waals surface area contributed by atoms with Gasteiger partial charge in [0.1, 0.15) is 0 Å². The van der Waals surface area contributed by atoms with E-state index < -0.39 is 0 Å². The van der Waals surface area contributed by atoms with E-state index in [4.69, 9.17) is 10.5 Å². The smallest absolute Gasteiger partial charge is 0.189 e. The lowest BCUT2D eigenvalue weighted by atomic mass is 10.1. The van der Waals surface area contributed by atoms with Crippen molar-refractivity contribution in [2.75, 3.05) is 13.2 Å². The lowest BCUT2D eigenvalue weighted by Gasteiger charge is -2.09. The fourth-order valence-electron chi connectivity index (χ4n) is 1.65. The zero-order valence-corrected chi connectivity index (χ0v) is 12.5. The van der Waals surface area contributed by atoms with E-state index in [0.29, 0.717) is 25.7 Å². The number of aliphatic imine (C=N–C) groups is 1. The van der Waals surface area contributed by atoms with Crippen LogP contribution in [0, 0.1) is 0 Å². The second-order valence-corrected chi connectivity index (χ2v) is 4.83. The van der Waals surface area contributed by atoms with Crippen molar-refractivity contribution in [2.24, 2.45) is 10.7 Å². The quantitative estimate of drug-likeness (QED) is 0.332. The maximum Gasteiger partial charge on any atom is 0.189 e. The molecule has 0 heterocycles. The molecule has 0 unspecified atom stereocenters. The van der Waals surface area contributed by atoms with E-state index in [2.05, 4.69) is 35.9 Å². The van der Waals surface area contributed by atoms with E-state index in [1.807, 2.05) is 19.1 Å². The summed E-state index contributed by atoms with van der Waals surface area (Å²) in [4.78, 5) is 4.34. The van der Waals surface area contributed by atoms with Gasteiger partial charge in [-0.2, -0.15) is 0 Å². The van der Waals surface area contributed by atoms with Crippen LogP contribution in [0.2, 0.25) is 0 Å². The summed E-state index contributed by atoms with van der Waals surface area (Å²) in [7, 11) is 0. The van der Waals surface area contributed by atoms with Gasteiger partial charge in [-0.05, 0) is 24.5 Å². The number of hydrogen-bond acceptors (Lipinski definition) is 2. The van der Waals surface area contributed by atoms with Crippen LogP contribution >= 0.6 is 0 Å². The highest BCUT2D eigenvalue weighted by Crippen LogP contribution is 2.11. The molecule has 0 aliphatic carbocycles. The van der Waals surface area contributed by atoms with Crippen molar-refractivity contribution in [1.29, 1.82) is 0 Å². The number of nitrogens with one attached hydrogen (secondary N) is 1. The third-order valence-electron chi connectivity index (χ3n) is 2.72. The van der Waals surface area contributed by atoms with Crippen LogP contribution in [0.1, 0.15) is 31.4 Å². The minimum absolute atomic E-state index is 0.442. The van der Waals surface area contributed by atoms with Crippen molar-refractivity contribution in [1.82, 2.24) is 5.32 Å². The lowest BCUT2D eigenvalue weighted by molar-refractivity contribution is 0.121. The first-order valence-corrected chi connectivity index (χ1v) is 6.96. The standard InChI is InChI=1S/C16H25N3O/c1-4-9-20-12-15-8-6-5-7-14(15)11-19-16(17)18-10-13(2)3/h5-8H,2,4,9-12H2,1,3H3,(H3,17,18,19). The first-order valence-electron chi connectivity index (χ1n) is 6.96. The van der Waals surface area contributed by atoms with Crippen LogP contribution in [-0.4, -0.2) is 19.1 Å². The fraction of sp³-hybridized carbons (Fsp3) is 0.438. The molecule has 0 aromatic heterocycles. The summed E-state index contributed by atoms with van der Waals surface area (Å²) in [5.74, 6) is 0.442. The van der Waals surface area contributed by atoms with E-state index in [1.165, 1.54) is 0 Å². The molecule has 0 spiro atoms. The highest BCUT2D eigenvalue weighted by atomic mass is 16.5. The molecule has 20 heavy (non-hydrogen) atoms. The summed E-state index contributed by atoms with van der Waals surface area (Å²) in [6.07, 6.45) is 1.03. The van der Waals surface area contributed by atoms with Gasteiger partial charge in [-0.3, -0.25) is 0 Å². The Bertz CT molecular complexity index is 455. The lowest BCUT2D eigenvalue weighted by Crippen LogP contribution is -2.32. The third-order valence-corrected chi connectivity index (χ3v) is 2.72. The summed E-state index contributed by atoms with van der Waals surface area (Å²) in [5, 5.41) is 3.02. The number of rotatable bonds is 8. The van der Waals surface area contributed by atoms with Crippen LogP contribution < -0.4 is 11.1 Å². The Labute approximate surface area is 121 Å². The van der Waals surface area contributed by atoms with E-state index in [1.54, 1.807) is 0 Å². The highest BCUT2D eigenvalue weighted by molar-refractivity contribution is 5.78. The van der Waals surface area contributed by atoms with Crippen molar-refractivity contribution in [3.05, 3.63) is 47.5 Å². The maximum atomic E-state index is 5.81. The zero-order chi connectivity index (χ0) is 14.8. The predicted octanol–water partition coefficient (Wildman–Crippen LogP) is 2.59. The molecule has 0 bridgehead atoms. The summed E-state index contributed by atoms with van der Waals surface area (Å²) >= 11 is 0. The van der Waals surface area contributed by atoms with Gasteiger partial charge in [-0.1, -0.05) is 43.3 Å². The molecule has 1 rings (SSSR count). The Morgan fingerprint density at radius 1 is 1.35 bits per heavy atom. The second-order valence-electron chi connectivity index (χ2n) is 4.83. The van der Waals surface area contributed by atoms with Gasteiger partial charge in [0, 0.05) is 13.2 Å². The Morgan fingerprint density at radius 2 is 2.05 bits per heavy atom. The van der Waals surface area contributed by atoms with Crippen LogP contribution in [0.15, 0.2) is 41.4 Å². The Kier molecular flexibility index (Phi) is 7.43. The third kappa shape index (κ3) is 6.38. The minimum Gasteiger partial charge on any atom is -0.377 e. The van der Waals surface area contributed by atoms with Crippen molar-refractivity contribution < 1.29 is 4.74 Å². The Balaban J connectivity index is 2.57. The normalized spacial score (nSPS) is 11.4. The van der Waals surface area contributed by atoms with Gasteiger partial charge >= 0.3 is 0 Å². The summed E-state index contributed by atoms with van der Waals surface area (Å²) in [5.41, 5.74) is 9.14. The van der Waals surface area contributed by atoms with Gasteiger partial charge in [0.15, 0.2) is 5.96 Å². The number of hydrogen-bond donors (Lipinski definition) is 2.